The predicted molar refractivity (Wildman–Crippen MR) is 67.5 cm³/mol. The molecule has 0 aliphatic carbocycles. The largest absolute Gasteiger partial charge is 0.493 e. The fourth-order valence-corrected chi connectivity index (χ4v) is 2.15. The Morgan fingerprint density at radius 1 is 1.24 bits per heavy atom. The van der Waals surface area contributed by atoms with Gasteiger partial charge in [-0.1, -0.05) is 6.07 Å². The van der Waals surface area contributed by atoms with Crippen LogP contribution in [0.3, 0.4) is 0 Å². The van der Waals surface area contributed by atoms with Crippen LogP contribution >= 0.6 is 11.3 Å². The smallest absolute Gasteiger partial charge is 0.306 e. The van der Waals surface area contributed by atoms with Crippen molar-refractivity contribution in [3.63, 3.8) is 0 Å². The molecule has 0 aliphatic heterocycles. The van der Waals surface area contributed by atoms with Gasteiger partial charge >= 0.3 is 5.97 Å². The third-order valence-electron chi connectivity index (χ3n) is 2.24. The van der Waals surface area contributed by atoms with E-state index < -0.39 is 5.97 Å². The molecule has 3 nitrogen and oxygen atoms in total. The highest BCUT2D eigenvalue weighted by atomic mass is 32.1. The molecule has 0 saturated heterocycles. The highest BCUT2D eigenvalue weighted by molar-refractivity contribution is 7.13. The van der Waals surface area contributed by atoms with E-state index >= 15 is 0 Å². The molecule has 1 aromatic heterocycles. The van der Waals surface area contributed by atoms with Gasteiger partial charge in [0.25, 0.3) is 0 Å². The minimum Gasteiger partial charge on any atom is -0.493 e. The van der Waals surface area contributed by atoms with Gasteiger partial charge in [-0.05, 0) is 41.3 Å². The molecule has 0 amide bonds. The molecule has 2 rings (SSSR count). The lowest BCUT2D eigenvalue weighted by atomic mass is 10.2. The maximum atomic E-state index is 10.3. The van der Waals surface area contributed by atoms with Gasteiger partial charge in [-0.3, -0.25) is 4.79 Å². The van der Waals surface area contributed by atoms with Crippen LogP contribution in [0.15, 0.2) is 41.8 Å². The molecule has 0 bridgehead atoms. The van der Waals surface area contributed by atoms with E-state index in [-0.39, 0.29) is 13.0 Å². The molecule has 0 saturated carbocycles. The van der Waals surface area contributed by atoms with Crippen LogP contribution in [0.1, 0.15) is 6.42 Å². The quantitative estimate of drug-likeness (QED) is 0.883. The van der Waals surface area contributed by atoms with Crippen molar-refractivity contribution in [3.8, 4) is 16.2 Å². The zero-order valence-corrected chi connectivity index (χ0v) is 9.94. The Morgan fingerprint density at radius 3 is 2.59 bits per heavy atom. The SMILES string of the molecule is O=C(O)CCOc1ccc(-c2cccs2)cc1. The van der Waals surface area contributed by atoms with Gasteiger partial charge in [-0.2, -0.15) is 0 Å². The molecule has 1 aromatic carbocycles. The standard InChI is InChI=1S/C13H12O3S/c14-13(15)7-8-16-11-5-3-10(4-6-11)12-2-1-9-17-12/h1-6,9H,7-8H2,(H,14,15). The summed E-state index contributed by atoms with van der Waals surface area (Å²) in [6.07, 6.45) is 0.0205. The van der Waals surface area contributed by atoms with Crippen molar-refractivity contribution in [1.82, 2.24) is 0 Å². The normalized spacial score (nSPS) is 10.1. The summed E-state index contributed by atoms with van der Waals surface area (Å²) < 4.78 is 5.31. The lowest BCUT2D eigenvalue weighted by Gasteiger charge is -2.05. The second-order valence-electron chi connectivity index (χ2n) is 3.49. The number of carboxylic acid groups (broad SMARTS) is 1. The first-order valence-electron chi connectivity index (χ1n) is 5.24. The van der Waals surface area contributed by atoms with Crippen LogP contribution in [-0.4, -0.2) is 17.7 Å². The van der Waals surface area contributed by atoms with E-state index in [0.29, 0.717) is 5.75 Å². The van der Waals surface area contributed by atoms with Gasteiger partial charge < -0.3 is 9.84 Å². The molecule has 0 aliphatic rings. The van der Waals surface area contributed by atoms with E-state index in [4.69, 9.17) is 9.84 Å². The molecule has 0 fully saturated rings. The molecule has 1 heterocycles. The monoisotopic (exact) mass is 248 g/mol. The Morgan fingerprint density at radius 2 is 2.00 bits per heavy atom. The van der Waals surface area contributed by atoms with E-state index in [1.807, 2.05) is 35.7 Å². The Labute approximate surface area is 103 Å². The molecule has 2 aromatic rings. The summed E-state index contributed by atoms with van der Waals surface area (Å²) >= 11 is 1.69. The van der Waals surface area contributed by atoms with Crippen LogP contribution in [0.5, 0.6) is 5.75 Å². The zero-order chi connectivity index (χ0) is 12.1. The number of hydrogen-bond acceptors (Lipinski definition) is 3. The molecular formula is C13H12O3S. The predicted octanol–water partition coefficient (Wildman–Crippen LogP) is 3.27. The highest BCUT2D eigenvalue weighted by Crippen LogP contribution is 2.26. The number of ether oxygens (including phenoxy) is 1. The molecule has 17 heavy (non-hydrogen) atoms. The summed E-state index contributed by atoms with van der Waals surface area (Å²) in [7, 11) is 0. The maximum absolute atomic E-state index is 10.3. The van der Waals surface area contributed by atoms with Crippen LogP contribution in [0.4, 0.5) is 0 Å². The molecular weight excluding hydrogens is 236 g/mol. The van der Waals surface area contributed by atoms with Gasteiger partial charge in [-0.25, -0.2) is 0 Å². The molecule has 0 atom stereocenters. The van der Waals surface area contributed by atoms with Crippen molar-refractivity contribution in [3.05, 3.63) is 41.8 Å². The first-order valence-corrected chi connectivity index (χ1v) is 6.12. The minimum absolute atomic E-state index is 0.0205. The van der Waals surface area contributed by atoms with Gasteiger partial charge in [0.05, 0.1) is 13.0 Å². The van der Waals surface area contributed by atoms with Crippen LogP contribution in [0.2, 0.25) is 0 Å². The Hall–Kier alpha value is -1.81. The summed E-state index contributed by atoms with van der Waals surface area (Å²) in [6, 6.07) is 11.7. The van der Waals surface area contributed by atoms with Crippen molar-refractivity contribution in [2.45, 2.75) is 6.42 Å². The van der Waals surface area contributed by atoms with Gasteiger partial charge in [0.15, 0.2) is 0 Å². The lowest BCUT2D eigenvalue weighted by Crippen LogP contribution is -2.04. The third-order valence-corrected chi connectivity index (χ3v) is 3.16. The van der Waals surface area contributed by atoms with Crippen molar-refractivity contribution < 1.29 is 14.6 Å². The zero-order valence-electron chi connectivity index (χ0n) is 9.13. The Bertz CT molecular complexity index is 474. The van der Waals surface area contributed by atoms with Gasteiger partial charge in [0.1, 0.15) is 5.75 Å². The maximum Gasteiger partial charge on any atom is 0.306 e. The summed E-state index contributed by atoms with van der Waals surface area (Å²) in [6.45, 7) is 0.202. The van der Waals surface area contributed by atoms with Crippen LogP contribution < -0.4 is 4.74 Å². The topological polar surface area (TPSA) is 46.5 Å². The lowest BCUT2D eigenvalue weighted by molar-refractivity contribution is -0.137. The van der Waals surface area contributed by atoms with E-state index in [9.17, 15) is 4.79 Å². The first kappa shape index (κ1) is 11.7. The van der Waals surface area contributed by atoms with E-state index in [1.54, 1.807) is 11.3 Å². The average Bonchev–Trinajstić information content (AvgIpc) is 2.83. The average molecular weight is 248 g/mol. The number of rotatable bonds is 5. The Kier molecular flexibility index (Phi) is 3.77. The van der Waals surface area contributed by atoms with Crippen LogP contribution in [-0.2, 0) is 4.79 Å². The number of thiophene rings is 1. The highest BCUT2D eigenvalue weighted by Gasteiger charge is 2.00. The number of aliphatic carboxylic acids is 1. The number of carbonyl (C=O) groups is 1. The van der Waals surface area contributed by atoms with Crippen molar-refractivity contribution in [2.75, 3.05) is 6.61 Å². The minimum atomic E-state index is -0.847. The second-order valence-corrected chi connectivity index (χ2v) is 4.44. The first-order chi connectivity index (χ1) is 8.25. The summed E-state index contributed by atoms with van der Waals surface area (Å²) in [5.41, 5.74) is 1.14. The third kappa shape index (κ3) is 3.32. The van der Waals surface area contributed by atoms with Crippen molar-refractivity contribution in [2.24, 2.45) is 0 Å². The molecule has 88 valence electrons. The molecule has 0 spiro atoms. The molecule has 0 radical (unpaired) electrons. The van der Waals surface area contributed by atoms with Crippen LogP contribution in [0, 0.1) is 0 Å². The van der Waals surface area contributed by atoms with E-state index in [0.717, 1.165) is 5.56 Å². The molecule has 0 unspecified atom stereocenters. The summed E-state index contributed by atoms with van der Waals surface area (Å²) in [4.78, 5) is 11.5. The summed E-state index contributed by atoms with van der Waals surface area (Å²) in [5, 5.41) is 10.5. The van der Waals surface area contributed by atoms with Crippen molar-refractivity contribution >= 4 is 17.3 Å². The summed E-state index contributed by atoms with van der Waals surface area (Å²) in [5.74, 6) is -0.147. The van der Waals surface area contributed by atoms with Crippen molar-refractivity contribution in [1.29, 1.82) is 0 Å². The van der Waals surface area contributed by atoms with Gasteiger partial charge in [0, 0.05) is 4.88 Å². The number of hydrogen-bond donors (Lipinski definition) is 1. The molecule has 1 N–H and O–H groups in total. The number of benzene rings is 1. The fourth-order valence-electron chi connectivity index (χ4n) is 1.41. The fraction of sp³-hybridized carbons (Fsp3) is 0.154. The molecule has 4 heteroatoms. The van der Waals surface area contributed by atoms with Gasteiger partial charge in [-0.15, -0.1) is 11.3 Å². The van der Waals surface area contributed by atoms with Crippen LogP contribution in [0.25, 0.3) is 10.4 Å². The van der Waals surface area contributed by atoms with E-state index in [2.05, 4.69) is 6.07 Å². The second kappa shape index (κ2) is 5.50. The van der Waals surface area contributed by atoms with E-state index in [1.165, 1.54) is 4.88 Å². The number of carboxylic acids is 1. The Balaban J connectivity index is 1.96. The van der Waals surface area contributed by atoms with Gasteiger partial charge in [0.2, 0.25) is 0 Å².